The lowest BCUT2D eigenvalue weighted by Gasteiger charge is -2.15. The molecule has 1 aliphatic heterocycles. The lowest BCUT2D eigenvalue weighted by molar-refractivity contribution is -0.0458. The monoisotopic (exact) mass is 271 g/mol. The number of aliphatic hydroxyl groups is 2. The molecule has 0 aromatic carbocycles. The summed E-state index contributed by atoms with van der Waals surface area (Å²) in [4.78, 5) is 25.4. The standard InChI is InChI=1S/C11H17N3O5/c1-2-12-6-4-14(11(18)13-10(6)17)9-3-7(16)8(5-15)19-9/h4,7-9,12,15-16H,2-3,5H2,1H3,(H,13,17,18)/t7-,8+,9+/m0/s1. The smallest absolute Gasteiger partial charge is 0.330 e. The normalized spacial score (nSPS) is 26.6. The molecule has 2 rings (SSSR count). The van der Waals surface area contributed by atoms with Gasteiger partial charge in [-0.2, -0.15) is 0 Å². The lowest BCUT2D eigenvalue weighted by atomic mass is 10.2. The predicted molar refractivity (Wildman–Crippen MR) is 67.1 cm³/mol. The van der Waals surface area contributed by atoms with Gasteiger partial charge < -0.3 is 20.3 Å². The number of nitrogens with one attached hydrogen (secondary N) is 2. The van der Waals surface area contributed by atoms with Crippen LogP contribution in [0.1, 0.15) is 19.6 Å². The Labute approximate surface area is 108 Å². The number of hydrogen-bond donors (Lipinski definition) is 4. The highest BCUT2D eigenvalue weighted by Gasteiger charge is 2.35. The molecule has 1 aliphatic rings. The SMILES string of the molecule is CCNc1cn([C@H]2C[C@H](O)[C@@H](CO)O2)c(=O)[nH]c1=O. The second kappa shape index (κ2) is 5.55. The van der Waals surface area contributed by atoms with Gasteiger partial charge >= 0.3 is 5.69 Å². The van der Waals surface area contributed by atoms with E-state index in [0.29, 0.717) is 6.54 Å². The maximum Gasteiger partial charge on any atom is 0.330 e. The number of rotatable bonds is 4. The fourth-order valence-corrected chi connectivity index (χ4v) is 2.07. The van der Waals surface area contributed by atoms with Gasteiger partial charge in [-0.3, -0.25) is 14.3 Å². The highest BCUT2D eigenvalue weighted by Crippen LogP contribution is 2.27. The Morgan fingerprint density at radius 3 is 2.89 bits per heavy atom. The Morgan fingerprint density at radius 1 is 1.58 bits per heavy atom. The van der Waals surface area contributed by atoms with E-state index in [9.17, 15) is 14.7 Å². The molecular formula is C11H17N3O5. The molecule has 0 unspecified atom stereocenters. The third-order valence-corrected chi connectivity index (χ3v) is 3.03. The second-order valence-corrected chi connectivity index (χ2v) is 4.35. The Hall–Kier alpha value is -1.64. The van der Waals surface area contributed by atoms with Crippen LogP contribution in [0.15, 0.2) is 15.8 Å². The van der Waals surface area contributed by atoms with Crippen LogP contribution in [0.5, 0.6) is 0 Å². The van der Waals surface area contributed by atoms with Crippen molar-refractivity contribution in [2.45, 2.75) is 31.8 Å². The summed E-state index contributed by atoms with van der Waals surface area (Å²) in [5.74, 6) is 0. The third-order valence-electron chi connectivity index (χ3n) is 3.03. The lowest BCUT2D eigenvalue weighted by Crippen LogP contribution is -2.33. The Bertz CT molecular complexity index is 552. The Morgan fingerprint density at radius 2 is 2.32 bits per heavy atom. The second-order valence-electron chi connectivity index (χ2n) is 4.35. The summed E-state index contributed by atoms with van der Waals surface area (Å²) in [6.07, 6.45) is -0.707. The van der Waals surface area contributed by atoms with Gasteiger partial charge in [0.1, 0.15) is 18.0 Å². The molecule has 0 amide bonds. The summed E-state index contributed by atoms with van der Waals surface area (Å²) in [5, 5.41) is 21.5. The first kappa shape index (κ1) is 13.8. The molecular weight excluding hydrogens is 254 g/mol. The van der Waals surface area contributed by atoms with Gasteiger partial charge in [0, 0.05) is 19.2 Å². The summed E-state index contributed by atoms with van der Waals surface area (Å²) in [6, 6.07) is 0. The van der Waals surface area contributed by atoms with E-state index in [1.54, 1.807) is 0 Å². The van der Waals surface area contributed by atoms with Gasteiger partial charge in [0.15, 0.2) is 0 Å². The molecule has 19 heavy (non-hydrogen) atoms. The zero-order valence-corrected chi connectivity index (χ0v) is 10.5. The van der Waals surface area contributed by atoms with Crippen molar-refractivity contribution in [3.05, 3.63) is 27.0 Å². The van der Waals surface area contributed by atoms with Crippen LogP contribution >= 0.6 is 0 Å². The molecule has 8 nitrogen and oxygen atoms in total. The van der Waals surface area contributed by atoms with Gasteiger partial charge in [0.05, 0.1) is 12.7 Å². The maximum absolute atomic E-state index is 11.7. The Balaban J connectivity index is 2.33. The zero-order chi connectivity index (χ0) is 14.0. The first-order valence-corrected chi connectivity index (χ1v) is 6.10. The molecule has 0 saturated carbocycles. The summed E-state index contributed by atoms with van der Waals surface area (Å²) in [7, 11) is 0. The van der Waals surface area contributed by atoms with Crippen LogP contribution in [0.25, 0.3) is 0 Å². The topological polar surface area (TPSA) is 117 Å². The number of aliphatic hydroxyl groups excluding tert-OH is 2. The molecule has 106 valence electrons. The van der Waals surface area contributed by atoms with Crippen molar-refractivity contribution >= 4 is 5.69 Å². The van der Waals surface area contributed by atoms with Crippen LogP contribution in [-0.2, 0) is 4.74 Å². The van der Waals surface area contributed by atoms with Crippen LogP contribution < -0.4 is 16.6 Å². The molecule has 0 radical (unpaired) electrons. The summed E-state index contributed by atoms with van der Waals surface area (Å²) in [5.41, 5.74) is -0.851. The van der Waals surface area contributed by atoms with Crippen molar-refractivity contribution in [2.75, 3.05) is 18.5 Å². The largest absolute Gasteiger partial charge is 0.394 e. The number of aromatic nitrogens is 2. The average Bonchev–Trinajstić information content (AvgIpc) is 2.74. The minimum Gasteiger partial charge on any atom is -0.394 e. The van der Waals surface area contributed by atoms with Crippen LogP contribution in [0.4, 0.5) is 5.69 Å². The summed E-state index contributed by atoms with van der Waals surface area (Å²) >= 11 is 0. The van der Waals surface area contributed by atoms with Gasteiger partial charge in [-0.25, -0.2) is 4.79 Å². The van der Waals surface area contributed by atoms with Crippen LogP contribution in [-0.4, -0.2) is 45.1 Å². The summed E-state index contributed by atoms with van der Waals surface area (Å²) < 4.78 is 6.58. The first-order valence-electron chi connectivity index (χ1n) is 6.10. The van der Waals surface area contributed by atoms with Crippen LogP contribution in [0.2, 0.25) is 0 Å². The van der Waals surface area contributed by atoms with E-state index in [-0.39, 0.29) is 18.7 Å². The molecule has 0 aliphatic carbocycles. The van der Waals surface area contributed by atoms with E-state index in [4.69, 9.17) is 9.84 Å². The van der Waals surface area contributed by atoms with E-state index >= 15 is 0 Å². The van der Waals surface area contributed by atoms with Gasteiger partial charge in [-0.15, -0.1) is 0 Å². The van der Waals surface area contributed by atoms with E-state index in [0.717, 1.165) is 0 Å². The quantitative estimate of drug-likeness (QED) is 0.535. The van der Waals surface area contributed by atoms with Crippen LogP contribution in [0.3, 0.4) is 0 Å². The predicted octanol–water partition coefficient (Wildman–Crippen LogP) is -1.39. The number of aromatic amines is 1. The Kier molecular flexibility index (Phi) is 4.03. The number of H-pyrrole nitrogens is 1. The van der Waals surface area contributed by atoms with Crippen molar-refractivity contribution in [2.24, 2.45) is 0 Å². The molecule has 1 fully saturated rings. The molecule has 8 heteroatoms. The van der Waals surface area contributed by atoms with Crippen molar-refractivity contribution < 1.29 is 14.9 Å². The minimum absolute atomic E-state index is 0.183. The molecule has 1 saturated heterocycles. The fraction of sp³-hybridized carbons (Fsp3) is 0.636. The first-order chi connectivity index (χ1) is 9.06. The minimum atomic E-state index is -0.837. The van der Waals surface area contributed by atoms with E-state index in [1.165, 1.54) is 10.8 Å². The van der Waals surface area contributed by atoms with Gasteiger partial charge in [0.25, 0.3) is 5.56 Å². The maximum atomic E-state index is 11.7. The van der Waals surface area contributed by atoms with Gasteiger partial charge in [-0.1, -0.05) is 0 Å². The third kappa shape index (κ3) is 2.70. The molecule has 3 atom stereocenters. The molecule has 0 bridgehead atoms. The highest BCUT2D eigenvalue weighted by molar-refractivity contribution is 5.37. The molecule has 2 heterocycles. The fourth-order valence-electron chi connectivity index (χ4n) is 2.07. The van der Waals surface area contributed by atoms with Crippen molar-refractivity contribution in [3.8, 4) is 0 Å². The average molecular weight is 271 g/mol. The van der Waals surface area contributed by atoms with Gasteiger partial charge in [-0.05, 0) is 6.92 Å². The molecule has 1 aromatic rings. The zero-order valence-electron chi connectivity index (χ0n) is 10.5. The van der Waals surface area contributed by atoms with Crippen molar-refractivity contribution in [1.29, 1.82) is 0 Å². The molecule has 1 aromatic heterocycles. The number of hydrogen-bond acceptors (Lipinski definition) is 6. The number of nitrogens with zero attached hydrogens (tertiary/aromatic N) is 1. The summed E-state index contributed by atoms with van der Waals surface area (Å²) in [6.45, 7) is 2.04. The van der Waals surface area contributed by atoms with Crippen molar-refractivity contribution in [1.82, 2.24) is 9.55 Å². The molecule has 0 spiro atoms. The number of ether oxygens (including phenoxy) is 1. The molecule has 4 N–H and O–H groups in total. The van der Waals surface area contributed by atoms with E-state index in [1.807, 2.05) is 6.92 Å². The number of anilines is 1. The van der Waals surface area contributed by atoms with Crippen molar-refractivity contribution in [3.63, 3.8) is 0 Å². The highest BCUT2D eigenvalue weighted by atomic mass is 16.5. The van der Waals surface area contributed by atoms with Gasteiger partial charge in [0.2, 0.25) is 0 Å². The van der Waals surface area contributed by atoms with E-state index in [2.05, 4.69) is 10.3 Å². The van der Waals surface area contributed by atoms with E-state index < -0.39 is 29.7 Å². The van der Waals surface area contributed by atoms with Crippen LogP contribution in [0, 0.1) is 0 Å².